The zero-order chi connectivity index (χ0) is 23.9. The average Bonchev–Trinajstić information content (AvgIpc) is 2.87. The van der Waals surface area contributed by atoms with Crippen molar-refractivity contribution in [2.24, 2.45) is 0 Å². The molecule has 3 aromatic rings. The zero-order valence-electron chi connectivity index (χ0n) is 20.6. The number of anilines is 2. The fourth-order valence-corrected chi connectivity index (χ4v) is 4.25. The van der Waals surface area contributed by atoms with E-state index < -0.39 is 0 Å². The molecule has 35 heavy (non-hydrogen) atoms. The van der Waals surface area contributed by atoms with Crippen LogP contribution in [0.15, 0.2) is 42.5 Å². The Hall–Kier alpha value is -2.37. The van der Waals surface area contributed by atoms with Crippen LogP contribution in [-0.2, 0) is 9.47 Å². The van der Waals surface area contributed by atoms with Gasteiger partial charge in [0.25, 0.3) is 0 Å². The quantitative estimate of drug-likeness (QED) is 0.328. The van der Waals surface area contributed by atoms with Crippen LogP contribution in [-0.4, -0.2) is 56.1 Å². The van der Waals surface area contributed by atoms with Gasteiger partial charge in [-0.15, -0.1) is 24.0 Å². The number of methoxy groups -OCH3 is 1. The van der Waals surface area contributed by atoms with Crippen molar-refractivity contribution < 1.29 is 18.9 Å². The molecule has 4 rings (SSSR count). The third-order valence-electron chi connectivity index (χ3n) is 6.02. The van der Waals surface area contributed by atoms with Gasteiger partial charge in [0.2, 0.25) is 5.95 Å². The summed E-state index contributed by atoms with van der Waals surface area (Å²) in [5.74, 6) is 2.33. The first kappa shape index (κ1) is 27.2. The summed E-state index contributed by atoms with van der Waals surface area (Å²) in [7, 11) is 1.62. The maximum atomic E-state index is 6.48. The summed E-state index contributed by atoms with van der Waals surface area (Å²) in [4.78, 5) is 11.5. The normalized spacial score (nSPS) is 15.0. The molecule has 2 aromatic carbocycles. The van der Waals surface area contributed by atoms with Crippen LogP contribution in [0.4, 0.5) is 11.8 Å². The van der Waals surface area contributed by atoms with Crippen molar-refractivity contribution in [1.82, 2.24) is 9.97 Å². The molecule has 1 aliphatic rings. The van der Waals surface area contributed by atoms with Crippen LogP contribution in [0.5, 0.6) is 11.5 Å². The summed E-state index contributed by atoms with van der Waals surface area (Å²) in [6, 6.07) is 14.0. The van der Waals surface area contributed by atoms with E-state index in [1.165, 1.54) is 0 Å². The van der Waals surface area contributed by atoms with E-state index in [9.17, 15) is 0 Å². The molecule has 1 aromatic heterocycles. The molecule has 0 spiro atoms. The van der Waals surface area contributed by atoms with Gasteiger partial charge in [0, 0.05) is 31.1 Å². The Bertz CT molecular complexity index is 1080. The lowest BCUT2D eigenvalue weighted by molar-refractivity contribution is -0.0650. The molecule has 0 aliphatic carbocycles. The molecule has 1 atom stereocenters. The van der Waals surface area contributed by atoms with Crippen molar-refractivity contribution in [3.8, 4) is 11.5 Å². The van der Waals surface area contributed by atoms with Crippen LogP contribution < -0.4 is 20.1 Å². The highest BCUT2D eigenvalue weighted by molar-refractivity contribution is 14.0. The summed E-state index contributed by atoms with van der Waals surface area (Å²) in [5.41, 5.74) is 8.19. The standard InChI is InChI=1S/C26H34N4O4.HI/c1-4-32-17-24(18-9-7-6-8-10-18)34-19-11-13-30(14-12-19)26-28-21-16-22(31-3)23(33-5-2)15-20(21)25(27)29-26;/h6-10,15-16,19,24H,4-5,11-14,17H2,1-3H3,(H2,27,28,29);1H. The maximum Gasteiger partial charge on any atom is 0.227 e. The molecule has 0 amide bonds. The van der Waals surface area contributed by atoms with Gasteiger partial charge in [-0.2, -0.15) is 4.98 Å². The largest absolute Gasteiger partial charge is 0.493 e. The minimum atomic E-state index is -0.0720. The molecule has 8 nitrogen and oxygen atoms in total. The molecule has 190 valence electrons. The lowest BCUT2D eigenvalue weighted by atomic mass is 10.1. The predicted molar refractivity (Wildman–Crippen MR) is 149 cm³/mol. The van der Waals surface area contributed by atoms with E-state index in [0.717, 1.165) is 42.4 Å². The first-order chi connectivity index (χ1) is 16.6. The van der Waals surface area contributed by atoms with Gasteiger partial charge in [-0.05, 0) is 38.3 Å². The molecule has 1 fully saturated rings. The number of piperidine rings is 1. The third kappa shape index (κ3) is 6.65. The molecule has 0 radical (unpaired) electrons. The first-order valence-electron chi connectivity index (χ1n) is 11.9. The number of hydrogen-bond donors (Lipinski definition) is 1. The van der Waals surface area contributed by atoms with Gasteiger partial charge in [0.1, 0.15) is 11.9 Å². The van der Waals surface area contributed by atoms with Crippen LogP contribution in [0.2, 0.25) is 0 Å². The Morgan fingerprint density at radius 2 is 1.77 bits per heavy atom. The van der Waals surface area contributed by atoms with E-state index in [4.69, 9.17) is 29.7 Å². The highest BCUT2D eigenvalue weighted by Gasteiger charge is 2.26. The van der Waals surface area contributed by atoms with E-state index in [-0.39, 0.29) is 36.2 Å². The number of hydrogen-bond acceptors (Lipinski definition) is 8. The van der Waals surface area contributed by atoms with E-state index >= 15 is 0 Å². The second kappa shape index (κ2) is 13.1. The predicted octanol–water partition coefficient (Wildman–Crippen LogP) is 5.00. The fourth-order valence-electron chi connectivity index (χ4n) is 4.25. The van der Waals surface area contributed by atoms with Gasteiger partial charge in [-0.1, -0.05) is 30.3 Å². The van der Waals surface area contributed by atoms with Crippen LogP contribution in [0.1, 0.15) is 38.4 Å². The topological polar surface area (TPSA) is 92.0 Å². The Labute approximate surface area is 224 Å². The number of nitrogens with zero attached hydrogens (tertiary/aromatic N) is 3. The minimum Gasteiger partial charge on any atom is -0.493 e. The molecule has 1 saturated heterocycles. The summed E-state index contributed by atoms with van der Waals surface area (Å²) in [5, 5.41) is 0.757. The number of ether oxygens (including phenoxy) is 4. The van der Waals surface area contributed by atoms with Gasteiger partial charge in [0.05, 0.1) is 31.9 Å². The molecular formula is C26H35IN4O4. The maximum absolute atomic E-state index is 6.48. The van der Waals surface area contributed by atoms with E-state index in [2.05, 4.69) is 22.0 Å². The molecule has 9 heteroatoms. The Morgan fingerprint density at radius 1 is 1.03 bits per heavy atom. The van der Waals surface area contributed by atoms with Crippen molar-refractivity contribution in [2.45, 2.75) is 38.9 Å². The van der Waals surface area contributed by atoms with Gasteiger partial charge in [0.15, 0.2) is 11.5 Å². The molecule has 1 aliphatic heterocycles. The van der Waals surface area contributed by atoms with E-state index in [1.54, 1.807) is 7.11 Å². The van der Waals surface area contributed by atoms with E-state index in [1.807, 2.05) is 44.2 Å². The average molecular weight is 594 g/mol. The van der Waals surface area contributed by atoms with Crippen molar-refractivity contribution in [1.29, 1.82) is 0 Å². The zero-order valence-corrected chi connectivity index (χ0v) is 22.9. The summed E-state index contributed by atoms with van der Waals surface area (Å²) >= 11 is 0. The number of rotatable bonds is 10. The highest BCUT2D eigenvalue weighted by Crippen LogP contribution is 2.35. The smallest absolute Gasteiger partial charge is 0.227 e. The molecule has 1 unspecified atom stereocenters. The second-order valence-corrected chi connectivity index (χ2v) is 8.24. The van der Waals surface area contributed by atoms with E-state index in [0.29, 0.717) is 43.1 Å². The summed E-state index contributed by atoms with van der Waals surface area (Å²) in [6.07, 6.45) is 1.83. The molecule has 2 N–H and O–H groups in total. The lowest BCUT2D eigenvalue weighted by Gasteiger charge is -2.34. The van der Waals surface area contributed by atoms with Crippen LogP contribution in [0.25, 0.3) is 10.9 Å². The van der Waals surface area contributed by atoms with Crippen molar-refractivity contribution in [3.05, 3.63) is 48.0 Å². The van der Waals surface area contributed by atoms with Crippen molar-refractivity contribution in [2.75, 3.05) is 50.7 Å². The van der Waals surface area contributed by atoms with Gasteiger partial charge >= 0.3 is 0 Å². The summed E-state index contributed by atoms with van der Waals surface area (Å²) < 4.78 is 23.3. The molecule has 0 bridgehead atoms. The van der Waals surface area contributed by atoms with Crippen LogP contribution in [0, 0.1) is 0 Å². The van der Waals surface area contributed by atoms with Gasteiger partial charge < -0.3 is 29.6 Å². The van der Waals surface area contributed by atoms with Crippen LogP contribution >= 0.6 is 24.0 Å². The Morgan fingerprint density at radius 3 is 2.43 bits per heavy atom. The van der Waals surface area contributed by atoms with Crippen molar-refractivity contribution >= 4 is 46.6 Å². The number of nitrogens with two attached hydrogens (primary N) is 1. The Kier molecular flexibility index (Phi) is 10.2. The van der Waals surface area contributed by atoms with Gasteiger partial charge in [-0.3, -0.25) is 0 Å². The number of aromatic nitrogens is 2. The van der Waals surface area contributed by atoms with Crippen molar-refractivity contribution in [3.63, 3.8) is 0 Å². The monoisotopic (exact) mass is 594 g/mol. The first-order valence-corrected chi connectivity index (χ1v) is 11.9. The van der Waals surface area contributed by atoms with Gasteiger partial charge in [-0.25, -0.2) is 4.98 Å². The second-order valence-electron chi connectivity index (χ2n) is 8.24. The molecule has 0 saturated carbocycles. The third-order valence-corrected chi connectivity index (χ3v) is 6.02. The fraction of sp³-hybridized carbons (Fsp3) is 0.462. The molecular weight excluding hydrogens is 559 g/mol. The summed E-state index contributed by atoms with van der Waals surface area (Å²) in [6.45, 7) is 7.27. The SMILES string of the molecule is CCOCC(OC1CCN(c2nc(N)c3cc(OCC)c(OC)cc3n2)CC1)c1ccccc1.I. The number of benzene rings is 2. The number of fused-ring (bicyclic) bond motifs is 1. The minimum absolute atomic E-state index is 0. The Balaban J connectivity index is 0.00000342. The number of nitrogen functional groups attached to an aromatic ring is 1. The highest BCUT2D eigenvalue weighted by atomic mass is 127. The van der Waals surface area contributed by atoms with Crippen LogP contribution in [0.3, 0.4) is 0 Å². The lowest BCUT2D eigenvalue weighted by Crippen LogP contribution is -2.39. The number of halogens is 1. The molecule has 2 heterocycles.